The first-order valence-electron chi connectivity index (χ1n) is 8.97. The van der Waals surface area contributed by atoms with Gasteiger partial charge >= 0.3 is 11.8 Å². The van der Waals surface area contributed by atoms with Gasteiger partial charge in [0, 0.05) is 45.5 Å². The average Bonchev–Trinajstić information content (AvgIpc) is 2.67. The number of carbonyl (C=O) groups excluding carboxylic acids is 2. The van der Waals surface area contributed by atoms with E-state index in [0.29, 0.717) is 26.2 Å². The molecule has 25 heavy (non-hydrogen) atoms. The highest BCUT2D eigenvalue weighted by Gasteiger charge is 2.32. The van der Waals surface area contributed by atoms with Crippen molar-refractivity contribution in [3.8, 4) is 0 Å². The predicted molar refractivity (Wildman–Crippen MR) is 96.3 cm³/mol. The second-order valence-electron chi connectivity index (χ2n) is 6.92. The number of carbonyl (C=O) groups is 2. The van der Waals surface area contributed by atoms with E-state index in [1.807, 2.05) is 18.2 Å². The third kappa shape index (κ3) is 4.10. The van der Waals surface area contributed by atoms with Crippen molar-refractivity contribution in [1.29, 1.82) is 0 Å². The van der Waals surface area contributed by atoms with Crippen LogP contribution in [0.1, 0.15) is 12.8 Å². The Morgan fingerprint density at radius 1 is 1.08 bits per heavy atom. The molecule has 3 heterocycles. The minimum absolute atomic E-state index is 0.169. The summed E-state index contributed by atoms with van der Waals surface area (Å²) in [5, 5.41) is 0. The molecule has 0 N–H and O–H groups in total. The molecule has 2 amide bonds. The average molecular weight is 345 g/mol. The Morgan fingerprint density at radius 3 is 2.36 bits per heavy atom. The van der Waals surface area contributed by atoms with Gasteiger partial charge in [-0.2, -0.15) is 0 Å². The van der Waals surface area contributed by atoms with Crippen molar-refractivity contribution in [3.05, 3.63) is 24.4 Å². The molecule has 0 unspecified atom stereocenters. The molecular formula is C18H27N5O2. The molecule has 2 aliphatic heterocycles. The maximum absolute atomic E-state index is 12.6. The summed E-state index contributed by atoms with van der Waals surface area (Å²) in [4.78, 5) is 37.2. The highest BCUT2D eigenvalue weighted by molar-refractivity contribution is 6.34. The third-order valence-electron chi connectivity index (χ3n) is 5.28. The van der Waals surface area contributed by atoms with E-state index in [4.69, 9.17) is 0 Å². The normalized spacial score (nSPS) is 19.8. The Balaban J connectivity index is 1.52. The molecule has 0 aliphatic carbocycles. The second kappa shape index (κ2) is 7.82. The van der Waals surface area contributed by atoms with Crippen molar-refractivity contribution >= 4 is 17.6 Å². The number of piperidine rings is 1. The Labute approximate surface area is 149 Å². The van der Waals surface area contributed by atoms with Gasteiger partial charge in [0.05, 0.1) is 0 Å². The third-order valence-corrected chi connectivity index (χ3v) is 5.28. The van der Waals surface area contributed by atoms with Crippen LogP contribution in [-0.4, -0.2) is 90.9 Å². The van der Waals surface area contributed by atoms with Crippen LogP contribution in [0.15, 0.2) is 24.4 Å². The Bertz CT molecular complexity index is 593. The molecular weight excluding hydrogens is 318 g/mol. The molecule has 1 aromatic rings. The Kier molecular flexibility index (Phi) is 5.53. The van der Waals surface area contributed by atoms with E-state index in [-0.39, 0.29) is 17.9 Å². The predicted octanol–water partition coefficient (Wildman–Crippen LogP) is 0.283. The van der Waals surface area contributed by atoms with Crippen LogP contribution in [0.25, 0.3) is 0 Å². The van der Waals surface area contributed by atoms with Crippen LogP contribution in [-0.2, 0) is 9.59 Å². The fraction of sp³-hybridized carbons (Fsp3) is 0.611. The zero-order valence-corrected chi connectivity index (χ0v) is 15.1. The lowest BCUT2D eigenvalue weighted by molar-refractivity contribution is -0.152. The Morgan fingerprint density at radius 2 is 1.76 bits per heavy atom. The lowest BCUT2D eigenvalue weighted by atomic mass is 10.0. The van der Waals surface area contributed by atoms with Crippen LogP contribution in [0.5, 0.6) is 0 Å². The van der Waals surface area contributed by atoms with E-state index in [1.54, 1.807) is 23.0 Å². The van der Waals surface area contributed by atoms with Gasteiger partial charge in [0.1, 0.15) is 5.82 Å². The fourth-order valence-electron chi connectivity index (χ4n) is 3.51. The molecule has 1 aromatic heterocycles. The fourth-order valence-corrected chi connectivity index (χ4v) is 3.51. The number of nitrogens with zero attached hydrogens (tertiary/aromatic N) is 5. The number of hydrogen-bond acceptors (Lipinski definition) is 5. The van der Waals surface area contributed by atoms with Gasteiger partial charge in [0.25, 0.3) is 0 Å². The van der Waals surface area contributed by atoms with E-state index >= 15 is 0 Å². The van der Waals surface area contributed by atoms with Gasteiger partial charge in [-0.05, 0) is 45.1 Å². The van der Waals surface area contributed by atoms with Gasteiger partial charge in [-0.15, -0.1) is 0 Å². The number of aromatic nitrogens is 1. The highest BCUT2D eigenvalue weighted by atomic mass is 16.2. The molecule has 2 saturated heterocycles. The van der Waals surface area contributed by atoms with E-state index in [9.17, 15) is 9.59 Å². The van der Waals surface area contributed by atoms with Gasteiger partial charge in [0.2, 0.25) is 0 Å². The molecule has 2 aliphatic rings. The molecule has 136 valence electrons. The molecule has 3 rings (SSSR count). The molecule has 0 bridgehead atoms. The van der Waals surface area contributed by atoms with Crippen molar-refractivity contribution < 1.29 is 9.59 Å². The van der Waals surface area contributed by atoms with Gasteiger partial charge in [-0.3, -0.25) is 9.59 Å². The van der Waals surface area contributed by atoms with Crippen LogP contribution < -0.4 is 4.90 Å². The van der Waals surface area contributed by atoms with Gasteiger partial charge < -0.3 is 19.6 Å². The number of rotatable bonds is 2. The monoisotopic (exact) mass is 345 g/mol. The van der Waals surface area contributed by atoms with Crippen molar-refractivity contribution in [1.82, 2.24) is 19.7 Å². The summed E-state index contributed by atoms with van der Waals surface area (Å²) in [6, 6.07) is 5.99. The molecule has 0 atom stereocenters. The lowest BCUT2D eigenvalue weighted by Gasteiger charge is -2.38. The number of likely N-dealkylation sites (tertiary alicyclic amines) is 1. The summed E-state index contributed by atoms with van der Waals surface area (Å²) in [5.41, 5.74) is 0. The second-order valence-corrected chi connectivity index (χ2v) is 6.92. The van der Waals surface area contributed by atoms with Crippen molar-refractivity contribution in [2.24, 2.45) is 0 Å². The number of amides is 2. The number of likely N-dealkylation sites (N-methyl/N-ethyl adjacent to an activating group) is 1. The minimum atomic E-state index is -0.374. The summed E-state index contributed by atoms with van der Waals surface area (Å²) in [6.07, 6.45) is 3.63. The van der Waals surface area contributed by atoms with Crippen LogP contribution in [0, 0.1) is 0 Å². The summed E-state index contributed by atoms with van der Waals surface area (Å²) in [7, 11) is 3.85. The van der Waals surface area contributed by atoms with Crippen molar-refractivity contribution in [3.63, 3.8) is 0 Å². The largest absolute Gasteiger partial charge is 0.353 e. The van der Waals surface area contributed by atoms with Gasteiger partial charge in [0.15, 0.2) is 0 Å². The van der Waals surface area contributed by atoms with E-state index in [2.05, 4.69) is 21.8 Å². The lowest BCUT2D eigenvalue weighted by Crippen LogP contribution is -2.55. The number of piperazine rings is 1. The molecule has 0 aromatic carbocycles. The number of hydrogen-bond donors (Lipinski definition) is 0. The SMILES string of the molecule is CN1CCC(N(C)C(=O)C(=O)N2CCN(c3ccccn3)CC2)CC1. The van der Waals surface area contributed by atoms with Crippen LogP contribution in [0.4, 0.5) is 5.82 Å². The van der Waals surface area contributed by atoms with Gasteiger partial charge in [-0.1, -0.05) is 6.07 Å². The summed E-state index contributed by atoms with van der Waals surface area (Å²) in [5.74, 6) is 0.173. The van der Waals surface area contributed by atoms with Crippen LogP contribution in [0.3, 0.4) is 0 Å². The molecule has 0 spiro atoms. The molecule has 7 heteroatoms. The zero-order chi connectivity index (χ0) is 17.8. The van der Waals surface area contributed by atoms with E-state index in [1.165, 1.54) is 0 Å². The minimum Gasteiger partial charge on any atom is -0.353 e. The van der Waals surface area contributed by atoms with Crippen molar-refractivity contribution in [2.45, 2.75) is 18.9 Å². The molecule has 2 fully saturated rings. The first-order valence-corrected chi connectivity index (χ1v) is 8.97. The topological polar surface area (TPSA) is 60.0 Å². The maximum atomic E-state index is 12.6. The Hall–Kier alpha value is -2.15. The van der Waals surface area contributed by atoms with Gasteiger partial charge in [-0.25, -0.2) is 4.98 Å². The summed E-state index contributed by atoms with van der Waals surface area (Å²) < 4.78 is 0. The zero-order valence-electron chi connectivity index (χ0n) is 15.1. The molecule has 0 saturated carbocycles. The maximum Gasteiger partial charge on any atom is 0.312 e. The standard InChI is InChI=1S/C18H27N5O2/c1-20-9-6-15(7-10-20)21(2)17(24)18(25)23-13-11-22(12-14-23)16-5-3-4-8-19-16/h3-5,8,15H,6-7,9-14H2,1-2H3. The number of anilines is 1. The highest BCUT2D eigenvalue weighted by Crippen LogP contribution is 2.16. The summed E-state index contributed by atoms with van der Waals surface area (Å²) in [6.45, 7) is 4.46. The molecule has 0 radical (unpaired) electrons. The van der Waals surface area contributed by atoms with E-state index < -0.39 is 0 Å². The number of pyridine rings is 1. The quantitative estimate of drug-likeness (QED) is 0.721. The van der Waals surface area contributed by atoms with Crippen molar-refractivity contribution in [2.75, 3.05) is 58.3 Å². The summed E-state index contributed by atoms with van der Waals surface area (Å²) >= 11 is 0. The first kappa shape index (κ1) is 17.7. The first-order chi connectivity index (χ1) is 12.1. The smallest absolute Gasteiger partial charge is 0.312 e. The molecule has 7 nitrogen and oxygen atoms in total. The van der Waals surface area contributed by atoms with Crippen LogP contribution >= 0.6 is 0 Å². The van der Waals surface area contributed by atoms with E-state index in [0.717, 1.165) is 31.7 Å². The van der Waals surface area contributed by atoms with Crippen LogP contribution in [0.2, 0.25) is 0 Å².